The van der Waals surface area contributed by atoms with Crippen LogP contribution in [0, 0.1) is 0 Å². The highest BCUT2D eigenvalue weighted by Gasteiger charge is 2.13. The van der Waals surface area contributed by atoms with Gasteiger partial charge in [0, 0.05) is 13.0 Å². The summed E-state index contributed by atoms with van der Waals surface area (Å²) in [5.74, 6) is -1.25. The highest BCUT2D eigenvalue weighted by Crippen LogP contribution is 1.94. The van der Waals surface area contributed by atoms with Gasteiger partial charge in [-0.1, -0.05) is 11.6 Å². The fourth-order valence-corrected chi connectivity index (χ4v) is 0.897. The van der Waals surface area contributed by atoms with Crippen molar-refractivity contribution >= 4 is 11.9 Å². The molecule has 15 heavy (non-hydrogen) atoms. The van der Waals surface area contributed by atoms with Crippen molar-refractivity contribution in [1.82, 2.24) is 5.32 Å². The van der Waals surface area contributed by atoms with E-state index in [-0.39, 0.29) is 18.7 Å². The second-order valence-electron chi connectivity index (χ2n) is 3.57. The van der Waals surface area contributed by atoms with Crippen LogP contribution in [0.2, 0.25) is 0 Å². The molecule has 0 radical (unpaired) electrons. The molecular formula is C10H18N2O3. The van der Waals surface area contributed by atoms with Crippen LogP contribution in [-0.4, -0.2) is 29.6 Å². The summed E-state index contributed by atoms with van der Waals surface area (Å²) in [5.41, 5.74) is 6.59. The lowest BCUT2D eigenvalue weighted by Crippen LogP contribution is -2.40. The fourth-order valence-electron chi connectivity index (χ4n) is 0.897. The molecular weight excluding hydrogens is 196 g/mol. The second-order valence-corrected chi connectivity index (χ2v) is 3.57. The molecule has 0 aliphatic heterocycles. The van der Waals surface area contributed by atoms with E-state index >= 15 is 0 Å². The number of allylic oxidation sites excluding steroid dienone is 1. The molecule has 0 rings (SSSR count). The summed E-state index contributed by atoms with van der Waals surface area (Å²) in [4.78, 5) is 21.5. The zero-order valence-corrected chi connectivity index (χ0v) is 9.12. The molecule has 0 saturated carbocycles. The van der Waals surface area contributed by atoms with Crippen molar-refractivity contribution in [3.05, 3.63) is 11.6 Å². The van der Waals surface area contributed by atoms with Crippen LogP contribution in [0.1, 0.15) is 26.7 Å². The van der Waals surface area contributed by atoms with Gasteiger partial charge in [0.05, 0.1) is 6.04 Å². The predicted molar refractivity (Wildman–Crippen MR) is 57.3 cm³/mol. The van der Waals surface area contributed by atoms with Gasteiger partial charge in [-0.3, -0.25) is 9.59 Å². The van der Waals surface area contributed by atoms with Crippen LogP contribution in [0.15, 0.2) is 11.6 Å². The van der Waals surface area contributed by atoms with Crippen molar-refractivity contribution in [1.29, 1.82) is 0 Å². The van der Waals surface area contributed by atoms with Gasteiger partial charge in [0.1, 0.15) is 0 Å². The van der Waals surface area contributed by atoms with Crippen molar-refractivity contribution < 1.29 is 14.7 Å². The quantitative estimate of drug-likeness (QED) is 0.553. The third-order valence-corrected chi connectivity index (χ3v) is 1.79. The average Bonchev–Trinajstić information content (AvgIpc) is 2.13. The second kappa shape index (κ2) is 7.00. The highest BCUT2D eigenvalue weighted by molar-refractivity contribution is 5.82. The Labute approximate surface area is 89.3 Å². The Hall–Kier alpha value is -1.36. The molecule has 0 saturated heterocycles. The standard InChI is InChI=1S/C10H18N2O3/c1-7(2)5-6-12-10(15)8(11)3-4-9(13)14/h5,8H,3-4,6,11H2,1-2H3,(H,12,15)(H,13,14). The van der Waals surface area contributed by atoms with Gasteiger partial charge in [0.15, 0.2) is 0 Å². The minimum absolute atomic E-state index is 0.0861. The van der Waals surface area contributed by atoms with E-state index in [4.69, 9.17) is 10.8 Å². The van der Waals surface area contributed by atoms with Gasteiger partial charge < -0.3 is 16.2 Å². The Bertz CT molecular complexity index is 257. The molecule has 4 N–H and O–H groups in total. The molecule has 0 aromatic heterocycles. The van der Waals surface area contributed by atoms with Crippen LogP contribution < -0.4 is 11.1 Å². The van der Waals surface area contributed by atoms with Gasteiger partial charge in [-0.15, -0.1) is 0 Å². The SMILES string of the molecule is CC(C)=CCNC(=O)C(N)CCC(=O)O. The fraction of sp³-hybridized carbons (Fsp3) is 0.600. The summed E-state index contributed by atoms with van der Waals surface area (Å²) in [7, 11) is 0. The molecule has 0 aliphatic carbocycles. The van der Waals surface area contributed by atoms with E-state index in [0.717, 1.165) is 5.57 Å². The molecule has 0 bridgehead atoms. The summed E-state index contributed by atoms with van der Waals surface area (Å²) in [6.07, 6.45) is 1.94. The average molecular weight is 214 g/mol. The Morgan fingerprint density at radius 1 is 1.47 bits per heavy atom. The Morgan fingerprint density at radius 2 is 2.07 bits per heavy atom. The zero-order chi connectivity index (χ0) is 11.8. The number of carboxylic acids is 1. The molecule has 1 amide bonds. The number of amides is 1. The van der Waals surface area contributed by atoms with E-state index in [1.807, 2.05) is 19.9 Å². The molecule has 5 nitrogen and oxygen atoms in total. The molecule has 0 aliphatic rings. The molecule has 86 valence electrons. The number of nitrogens with one attached hydrogen (secondary N) is 1. The highest BCUT2D eigenvalue weighted by atomic mass is 16.4. The molecule has 0 aromatic rings. The van der Waals surface area contributed by atoms with Gasteiger partial charge in [-0.25, -0.2) is 0 Å². The lowest BCUT2D eigenvalue weighted by Gasteiger charge is -2.09. The van der Waals surface area contributed by atoms with Crippen LogP contribution in [0.3, 0.4) is 0 Å². The molecule has 1 unspecified atom stereocenters. The zero-order valence-electron chi connectivity index (χ0n) is 9.12. The number of hydrogen-bond donors (Lipinski definition) is 3. The van der Waals surface area contributed by atoms with Gasteiger partial charge in [0.25, 0.3) is 0 Å². The third kappa shape index (κ3) is 7.69. The van der Waals surface area contributed by atoms with Crippen molar-refractivity contribution in [2.75, 3.05) is 6.54 Å². The first-order chi connectivity index (χ1) is 6.93. The lowest BCUT2D eigenvalue weighted by atomic mass is 10.1. The van der Waals surface area contributed by atoms with Gasteiger partial charge in [0.2, 0.25) is 5.91 Å². The van der Waals surface area contributed by atoms with Gasteiger partial charge in [-0.05, 0) is 20.3 Å². The van der Waals surface area contributed by atoms with Crippen molar-refractivity contribution in [2.45, 2.75) is 32.7 Å². The van der Waals surface area contributed by atoms with Gasteiger partial charge >= 0.3 is 5.97 Å². The normalized spacial score (nSPS) is 11.7. The minimum atomic E-state index is -0.942. The molecule has 1 atom stereocenters. The van der Waals surface area contributed by atoms with Crippen LogP contribution >= 0.6 is 0 Å². The first-order valence-electron chi connectivity index (χ1n) is 4.82. The number of carboxylic acid groups (broad SMARTS) is 1. The van der Waals surface area contributed by atoms with E-state index in [9.17, 15) is 9.59 Å². The number of nitrogens with two attached hydrogens (primary N) is 1. The molecule has 0 aromatic carbocycles. The summed E-state index contributed by atoms with van der Waals surface area (Å²) in [5, 5.41) is 11.0. The van der Waals surface area contributed by atoms with E-state index < -0.39 is 12.0 Å². The van der Waals surface area contributed by atoms with Crippen molar-refractivity contribution in [3.8, 4) is 0 Å². The van der Waals surface area contributed by atoms with Crippen LogP contribution in [0.25, 0.3) is 0 Å². The maximum absolute atomic E-state index is 11.3. The first-order valence-corrected chi connectivity index (χ1v) is 4.82. The number of carbonyl (C=O) groups is 2. The number of carbonyl (C=O) groups excluding carboxylic acids is 1. The van der Waals surface area contributed by atoms with E-state index in [1.165, 1.54) is 0 Å². The Morgan fingerprint density at radius 3 is 2.53 bits per heavy atom. The Kier molecular flexibility index (Phi) is 6.37. The van der Waals surface area contributed by atoms with Crippen LogP contribution in [0.4, 0.5) is 0 Å². The predicted octanol–water partition coefficient (Wildman–Crippen LogP) is 0.261. The number of rotatable bonds is 6. The monoisotopic (exact) mass is 214 g/mol. The minimum Gasteiger partial charge on any atom is -0.481 e. The molecule has 0 fully saturated rings. The maximum atomic E-state index is 11.3. The lowest BCUT2D eigenvalue weighted by molar-refractivity contribution is -0.137. The van der Waals surface area contributed by atoms with E-state index in [2.05, 4.69) is 5.32 Å². The van der Waals surface area contributed by atoms with Gasteiger partial charge in [-0.2, -0.15) is 0 Å². The summed E-state index contributed by atoms with van der Waals surface area (Å²) < 4.78 is 0. The summed E-state index contributed by atoms with van der Waals surface area (Å²) in [6, 6.07) is -0.744. The van der Waals surface area contributed by atoms with E-state index in [0.29, 0.717) is 6.54 Å². The Balaban J connectivity index is 3.79. The third-order valence-electron chi connectivity index (χ3n) is 1.79. The number of aliphatic carboxylic acids is 1. The number of hydrogen-bond acceptors (Lipinski definition) is 3. The van der Waals surface area contributed by atoms with E-state index in [1.54, 1.807) is 0 Å². The van der Waals surface area contributed by atoms with Crippen molar-refractivity contribution in [3.63, 3.8) is 0 Å². The first kappa shape index (κ1) is 13.6. The van der Waals surface area contributed by atoms with Crippen LogP contribution in [-0.2, 0) is 9.59 Å². The molecule has 0 heterocycles. The topological polar surface area (TPSA) is 92.4 Å². The largest absolute Gasteiger partial charge is 0.481 e. The summed E-state index contributed by atoms with van der Waals surface area (Å²) in [6.45, 7) is 4.29. The van der Waals surface area contributed by atoms with Crippen LogP contribution in [0.5, 0.6) is 0 Å². The summed E-state index contributed by atoms with van der Waals surface area (Å²) >= 11 is 0. The van der Waals surface area contributed by atoms with Crippen molar-refractivity contribution in [2.24, 2.45) is 5.73 Å². The molecule has 5 heteroatoms. The molecule has 0 spiro atoms. The smallest absolute Gasteiger partial charge is 0.303 e. The maximum Gasteiger partial charge on any atom is 0.303 e.